The number of hydrogen-bond acceptors (Lipinski definition) is 5. The molecule has 3 rings (SSSR count). The van der Waals surface area contributed by atoms with Gasteiger partial charge in [-0.15, -0.1) is 11.3 Å². The number of benzene rings is 2. The van der Waals surface area contributed by atoms with Gasteiger partial charge in [-0.05, 0) is 42.8 Å². The molecule has 1 aromatic heterocycles. The number of rotatable bonds is 7. The zero-order valence-corrected chi connectivity index (χ0v) is 16.3. The average Bonchev–Trinajstić information content (AvgIpc) is 3.08. The molecular weight excluding hydrogens is 418 g/mol. The molecule has 1 N–H and O–H groups in total. The van der Waals surface area contributed by atoms with Gasteiger partial charge in [-0.3, -0.25) is 0 Å². The number of nitrogens with zero attached hydrogens (tertiary/aromatic N) is 1. The lowest BCUT2D eigenvalue weighted by atomic mass is 10.2. The molecule has 5 nitrogen and oxygen atoms in total. The Balaban J connectivity index is 1.62. The van der Waals surface area contributed by atoms with Crippen molar-refractivity contribution in [1.29, 1.82) is 0 Å². The Morgan fingerprint density at radius 3 is 2.81 bits per heavy atom. The number of aryl methyl sites for hydroxylation is 1. The van der Waals surface area contributed by atoms with Crippen LogP contribution in [0.4, 0.5) is 0 Å². The quantitative estimate of drug-likeness (QED) is 0.572. The van der Waals surface area contributed by atoms with Gasteiger partial charge in [0.05, 0.1) is 5.69 Å². The van der Waals surface area contributed by atoms with Crippen LogP contribution in [-0.4, -0.2) is 22.7 Å². The van der Waals surface area contributed by atoms with E-state index in [4.69, 9.17) is 14.6 Å². The smallest absolute Gasteiger partial charge is 0.341 e. The van der Waals surface area contributed by atoms with E-state index in [9.17, 15) is 4.79 Å². The number of halogens is 1. The summed E-state index contributed by atoms with van der Waals surface area (Å²) in [5.41, 5.74) is 2.79. The van der Waals surface area contributed by atoms with E-state index >= 15 is 0 Å². The van der Waals surface area contributed by atoms with Crippen molar-refractivity contribution in [3.63, 3.8) is 0 Å². The van der Waals surface area contributed by atoms with Crippen LogP contribution in [0, 0.1) is 6.92 Å². The molecule has 3 aromatic rings. The van der Waals surface area contributed by atoms with Crippen molar-refractivity contribution >= 4 is 33.2 Å². The first kappa shape index (κ1) is 18.4. The van der Waals surface area contributed by atoms with E-state index in [2.05, 4.69) is 20.9 Å². The average molecular weight is 434 g/mol. The molecule has 0 spiro atoms. The van der Waals surface area contributed by atoms with Crippen molar-refractivity contribution < 1.29 is 19.4 Å². The predicted octanol–water partition coefficient (Wildman–Crippen LogP) is 4.92. The highest BCUT2D eigenvalue weighted by molar-refractivity contribution is 9.10. The molecule has 0 radical (unpaired) electrons. The Labute approximate surface area is 163 Å². The third kappa shape index (κ3) is 4.83. The zero-order valence-electron chi connectivity index (χ0n) is 13.9. The van der Waals surface area contributed by atoms with Crippen molar-refractivity contribution in [2.75, 3.05) is 6.61 Å². The van der Waals surface area contributed by atoms with Gasteiger partial charge in [0.15, 0.2) is 6.61 Å². The van der Waals surface area contributed by atoms with Crippen LogP contribution in [0.1, 0.15) is 10.6 Å². The number of aromatic nitrogens is 1. The van der Waals surface area contributed by atoms with E-state index in [0.717, 1.165) is 26.3 Å². The Morgan fingerprint density at radius 1 is 1.23 bits per heavy atom. The number of carboxylic acid groups (broad SMARTS) is 1. The fourth-order valence-electron chi connectivity index (χ4n) is 2.32. The second-order valence-electron chi connectivity index (χ2n) is 5.54. The van der Waals surface area contributed by atoms with E-state index < -0.39 is 5.97 Å². The van der Waals surface area contributed by atoms with Gasteiger partial charge in [0, 0.05) is 15.4 Å². The number of hydrogen-bond donors (Lipinski definition) is 1. The maximum absolute atomic E-state index is 10.6. The van der Waals surface area contributed by atoms with Gasteiger partial charge in [-0.25, -0.2) is 9.78 Å². The molecular formula is C19H16BrNO4S. The predicted molar refractivity (Wildman–Crippen MR) is 104 cm³/mol. The van der Waals surface area contributed by atoms with Gasteiger partial charge in [0.2, 0.25) is 0 Å². The molecule has 134 valence electrons. The van der Waals surface area contributed by atoms with E-state index in [0.29, 0.717) is 18.1 Å². The van der Waals surface area contributed by atoms with Crippen LogP contribution >= 0.6 is 27.3 Å². The standard InChI is InChI=1S/C19H16BrNO4S/c1-12-7-15(5-6-17(12)25-10-19(22)23)24-9-18-21-16(11-26-18)13-3-2-4-14(20)8-13/h2-8,11H,9-10H2,1H3,(H,22,23). The molecule has 1 heterocycles. The maximum Gasteiger partial charge on any atom is 0.341 e. The highest BCUT2D eigenvalue weighted by Gasteiger charge is 2.08. The lowest BCUT2D eigenvalue weighted by molar-refractivity contribution is -0.139. The van der Waals surface area contributed by atoms with E-state index in [-0.39, 0.29) is 6.61 Å². The Bertz CT molecular complexity index is 925. The second-order valence-corrected chi connectivity index (χ2v) is 7.39. The van der Waals surface area contributed by atoms with Gasteiger partial charge in [0.1, 0.15) is 23.1 Å². The topological polar surface area (TPSA) is 68.7 Å². The SMILES string of the molecule is Cc1cc(OCc2nc(-c3cccc(Br)c3)cs2)ccc1OCC(=O)O. The number of thiazole rings is 1. The summed E-state index contributed by atoms with van der Waals surface area (Å²) in [6, 6.07) is 13.3. The van der Waals surface area contributed by atoms with Crippen LogP contribution in [0.25, 0.3) is 11.3 Å². The third-order valence-corrected chi connectivity index (χ3v) is 4.85. The highest BCUT2D eigenvalue weighted by Crippen LogP contribution is 2.27. The molecule has 0 aliphatic heterocycles. The molecule has 2 aromatic carbocycles. The second kappa shape index (κ2) is 8.33. The summed E-state index contributed by atoms with van der Waals surface area (Å²) in [7, 11) is 0. The molecule has 0 amide bonds. The van der Waals surface area contributed by atoms with Crippen LogP contribution < -0.4 is 9.47 Å². The number of aliphatic carboxylic acids is 1. The number of ether oxygens (including phenoxy) is 2. The molecule has 0 saturated carbocycles. The molecule has 0 atom stereocenters. The van der Waals surface area contributed by atoms with Crippen LogP contribution in [0.5, 0.6) is 11.5 Å². The van der Waals surface area contributed by atoms with Crippen molar-refractivity contribution in [2.24, 2.45) is 0 Å². The van der Waals surface area contributed by atoms with E-state index in [1.165, 1.54) is 0 Å². The van der Waals surface area contributed by atoms with Crippen molar-refractivity contribution in [3.8, 4) is 22.8 Å². The summed E-state index contributed by atoms with van der Waals surface area (Å²) in [4.78, 5) is 15.2. The minimum atomic E-state index is -1.00. The van der Waals surface area contributed by atoms with E-state index in [1.54, 1.807) is 23.5 Å². The molecule has 0 aliphatic rings. The van der Waals surface area contributed by atoms with Crippen molar-refractivity contribution in [2.45, 2.75) is 13.5 Å². The van der Waals surface area contributed by atoms with Crippen LogP contribution in [-0.2, 0) is 11.4 Å². The van der Waals surface area contributed by atoms with Gasteiger partial charge in [-0.1, -0.05) is 28.1 Å². The van der Waals surface area contributed by atoms with Crippen LogP contribution in [0.15, 0.2) is 52.3 Å². The minimum Gasteiger partial charge on any atom is -0.486 e. The summed E-state index contributed by atoms with van der Waals surface area (Å²) < 4.78 is 12.0. The van der Waals surface area contributed by atoms with E-state index in [1.807, 2.05) is 42.6 Å². The fourth-order valence-corrected chi connectivity index (χ4v) is 3.43. The monoisotopic (exact) mass is 433 g/mol. The molecule has 0 bridgehead atoms. The van der Waals surface area contributed by atoms with Gasteiger partial charge >= 0.3 is 5.97 Å². The lowest BCUT2D eigenvalue weighted by Crippen LogP contribution is -2.10. The summed E-state index contributed by atoms with van der Waals surface area (Å²) in [6.45, 7) is 1.85. The Kier molecular flexibility index (Phi) is 5.90. The number of carboxylic acids is 1. The summed E-state index contributed by atoms with van der Waals surface area (Å²) in [6.07, 6.45) is 0. The summed E-state index contributed by atoms with van der Waals surface area (Å²) in [5, 5.41) is 11.6. The highest BCUT2D eigenvalue weighted by atomic mass is 79.9. The molecule has 0 fully saturated rings. The van der Waals surface area contributed by atoms with Crippen LogP contribution in [0.2, 0.25) is 0 Å². The molecule has 26 heavy (non-hydrogen) atoms. The third-order valence-electron chi connectivity index (χ3n) is 3.53. The van der Waals surface area contributed by atoms with Gasteiger partial charge in [-0.2, -0.15) is 0 Å². The first-order valence-electron chi connectivity index (χ1n) is 7.79. The summed E-state index contributed by atoms with van der Waals surface area (Å²) >= 11 is 5.01. The minimum absolute atomic E-state index is 0.363. The normalized spacial score (nSPS) is 10.5. The first-order valence-corrected chi connectivity index (χ1v) is 9.47. The Hall–Kier alpha value is -2.38. The first-order chi connectivity index (χ1) is 12.5. The largest absolute Gasteiger partial charge is 0.486 e. The van der Waals surface area contributed by atoms with Gasteiger partial charge < -0.3 is 14.6 Å². The summed E-state index contributed by atoms with van der Waals surface area (Å²) in [5.74, 6) is 0.213. The van der Waals surface area contributed by atoms with Crippen LogP contribution in [0.3, 0.4) is 0 Å². The molecule has 0 aliphatic carbocycles. The lowest BCUT2D eigenvalue weighted by Gasteiger charge is -2.09. The molecule has 0 unspecified atom stereocenters. The zero-order chi connectivity index (χ0) is 18.5. The molecule has 0 saturated heterocycles. The number of carbonyl (C=O) groups is 1. The van der Waals surface area contributed by atoms with Gasteiger partial charge in [0.25, 0.3) is 0 Å². The fraction of sp³-hybridized carbons (Fsp3) is 0.158. The molecule has 7 heteroatoms. The van der Waals surface area contributed by atoms with Crippen molar-refractivity contribution in [1.82, 2.24) is 4.98 Å². The maximum atomic E-state index is 10.6. The van der Waals surface area contributed by atoms with Crippen molar-refractivity contribution in [3.05, 3.63) is 62.9 Å². The Morgan fingerprint density at radius 2 is 2.08 bits per heavy atom.